The van der Waals surface area contributed by atoms with E-state index in [0.717, 1.165) is 11.6 Å². The smallest absolute Gasteiger partial charge is 0.407 e. The van der Waals surface area contributed by atoms with E-state index in [1.807, 2.05) is 0 Å². The molecule has 0 saturated carbocycles. The molecule has 3 aromatic carbocycles. The molecule has 2 aromatic heterocycles. The molecule has 1 saturated heterocycles. The number of esters is 1. The zero-order valence-corrected chi connectivity index (χ0v) is 74.5. The number of aliphatic hydroxyl groups is 2. The molecule has 3 heterocycles. The average molecular weight is 1760 g/mol. The Bertz CT molecular complexity index is 4570. The van der Waals surface area contributed by atoms with Crippen LogP contribution in [0.25, 0.3) is 23.1 Å². The first-order chi connectivity index (χ1) is 59.1. The van der Waals surface area contributed by atoms with E-state index in [-0.39, 0.29) is 83.0 Å². The van der Waals surface area contributed by atoms with Crippen molar-refractivity contribution in [3.63, 3.8) is 0 Å². The zero-order valence-electron chi connectivity index (χ0n) is 73.7. The van der Waals surface area contributed by atoms with Gasteiger partial charge in [-0.3, -0.25) is 62.5 Å². The van der Waals surface area contributed by atoms with Crippen molar-refractivity contribution in [1.82, 2.24) is 88.8 Å². The van der Waals surface area contributed by atoms with E-state index < -0.39 is 199 Å². The summed E-state index contributed by atoms with van der Waals surface area (Å²) in [6.07, 6.45) is -2.02. The van der Waals surface area contributed by atoms with E-state index in [4.69, 9.17) is 19.3 Å². The van der Waals surface area contributed by atoms with Gasteiger partial charge in [-0.1, -0.05) is 115 Å². The largest absolute Gasteiger partial charge is 0.464 e. The van der Waals surface area contributed by atoms with Gasteiger partial charge in [0.15, 0.2) is 0 Å². The van der Waals surface area contributed by atoms with Crippen molar-refractivity contribution >= 4 is 124 Å². The number of alkyl carbamates (subject to hydrolysis) is 2. The van der Waals surface area contributed by atoms with Gasteiger partial charge in [-0.25, -0.2) is 14.4 Å². The van der Waals surface area contributed by atoms with Gasteiger partial charge >= 0.3 is 24.2 Å². The average Bonchev–Trinajstić information content (AvgIpc) is 1.63. The number of pyridine rings is 1. The molecule has 5 aromatic rings. The van der Waals surface area contributed by atoms with Gasteiger partial charge in [-0.2, -0.15) is 9.78 Å². The number of rotatable bonds is 33. The van der Waals surface area contributed by atoms with E-state index in [0.29, 0.717) is 43.2 Å². The summed E-state index contributed by atoms with van der Waals surface area (Å²) in [6.45, 7) is 20.0. The maximum atomic E-state index is 15.2. The minimum absolute atomic E-state index is 0.0579. The third-order valence-electron chi connectivity index (χ3n) is 19.2. The van der Waals surface area contributed by atoms with Gasteiger partial charge in [-0.05, 0) is 160 Å². The monoisotopic (exact) mass is 1760 g/mol. The fourth-order valence-corrected chi connectivity index (χ4v) is 13.8. The van der Waals surface area contributed by atoms with Gasteiger partial charge in [0.1, 0.15) is 72.2 Å². The highest BCUT2D eigenvalue weighted by atomic mass is 32.2. The van der Waals surface area contributed by atoms with E-state index in [1.54, 1.807) is 192 Å². The van der Waals surface area contributed by atoms with Crippen LogP contribution in [0.2, 0.25) is 0 Å². The SMILES string of the molecule is CCC[C@@H]1NC(=O)[C@@H](NC(=O)[C@H](CCC)NC(=O)[C@@H](NC(=O)CCN(CCOC(=O)C(C)C)C(=O)n2nc(/C=C/c3ccccn3)c3ccc(Sc4ccccc4C(=O)NC)cc32)[C@@H](C)O)CCNC(=O)[C@H]([C@@H](C)O)NC(=O)[C@H](CCNC(=O)OC(C)(C)C)NC(=O)[C@H](CCNC(=O)OC(C)(C)C)NC(=O)[C@H](CC(C)C)NC(=O)[C@@H](Cc2ccccc2)NC1=O. The highest BCUT2D eigenvalue weighted by Gasteiger charge is 2.39. The van der Waals surface area contributed by atoms with Gasteiger partial charge in [0, 0.05) is 67.4 Å². The van der Waals surface area contributed by atoms with Crippen molar-refractivity contribution in [3.05, 3.63) is 120 Å². The van der Waals surface area contributed by atoms with Crippen molar-refractivity contribution in [2.45, 2.75) is 249 Å². The Morgan fingerprint density at radius 3 is 1.79 bits per heavy atom. The minimum Gasteiger partial charge on any atom is -0.464 e. The number of nitrogens with zero attached hydrogens (tertiary/aromatic N) is 4. The van der Waals surface area contributed by atoms with E-state index in [1.165, 1.54) is 30.6 Å². The molecule has 6 rings (SSSR count). The van der Waals surface area contributed by atoms with Crippen LogP contribution < -0.4 is 69.1 Å². The van der Waals surface area contributed by atoms with Crippen LogP contribution >= 0.6 is 11.8 Å². The summed E-state index contributed by atoms with van der Waals surface area (Å²) < 4.78 is 17.4. The molecule has 0 bridgehead atoms. The second-order valence-corrected chi connectivity index (χ2v) is 34.1. The molecule has 11 atom stereocenters. The standard InChI is InChI=1S/C87H123N17O20S/c1-16-25-60-74(110)99-66(48-54-27-19-18-20-28-54)79(115)98-65(47-50(3)4)78(114)96-63(37-42-91-83(119)123-86(9,10)11)76(112)95-64(38-43-92-84(120)124-87(12,13)14)77(113)101-70(52(7)105)80(116)90-41-36-62(75(111)93-60)94-73(109)61(26-17-2)97-81(117)71(53(8)106)100-69(107)39-44-103(45-46-122-82(118)51(5)6)85(121)104-67-49-56(125-68-31-22-21-30-58(68)72(108)88-15)33-34-57(67)59(102-104)35-32-55-29-23-24-40-89-55/h18-24,27-35,40,49-53,60-66,70-71,105-106H,16-17,25-26,36-39,41-48H2,1-15H3,(H,88,108)(H,90,116)(H,91,119)(H,92,120)(H,93,111)(H,94,109)(H,95,112)(H,96,114)(H,97,117)(H,98,115)(H,99,110)(H,100,107)(H,101,113)/b35-32+/t52-,53-,60+,61+,62+,63+,64+,65+,66-,70+,71+/m1/s1. The maximum absolute atomic E-state index is 15.2. The summed E-state index contributed by atoms with van der Waals surface area (Å²) in [7, 11) is 1.51. The van der Waals surface area contributed by atoms with Gasteiger partial charge in [-0.15, -0.1) is 0 Å². The first-order valence-corrected chi connectivity index (χ1v) is 42.8. The lowest BCUT2D eigenvalue weighted by Crippen LogP contribution is -2.61. The van der Waals surface area contributed by atoms with Crippen molar-refractivity contribution in [3.8, 4) is 0 Å². The zero-order chi connectivity index (χ0) is 92.4. The molecule has 15 N–H and O–H groups in total. The molecule has 0 spiro atoms. The second kappa shape index (κ2) is 49.4. The van der Waals surface area contributed by atoms with Crippen LogP contribution in [0.3, 0.4) is 0 Å². The van der Waals surface area contributed by atoms with Crippen molar-refractivity contribution < 1.29 is 96.3 Å². The van der Waals surface area contributed by atoms with Gasteiger partial charge in [0.2, 0.25) is 59.1 Å². The lowest BCUT2D eigenvalue weighted by molar-refractivity contribution is -0.147. The van der Waals surface area contributed by atoms with Crippen LogP contribution in [0.15, 0.2) is 107 Å². The van der Waals surface area contributed by atoms with Crippen LogP contribution in [0, 0.1) is 11.8 Å². The third kappa shape index (κ3) is 33.8. The predicted molar refractivity (Wildman–Crippen MR) is 465 cm³/mol. The first kappa shape index (κ1) is 102. The number of ether oxygens (including phenoxy) is 3. The Morgan fingerprint density at radius 1 is 0.640 bits per heavy atom. The Labute approximate surface area is 732 Å². The predicted octanol–water partition coefficient (Wildman–Crippen LogP) is 4.34. The van der Waals surface area contributed by atoms with Crippen molar-refractivity contribution in [2.75, 3.05) is 46.4 Å². The number of carbonyl (C=O) groups is 15. The molecule has 0 unspecified atom stereocenters. The number of carbonyl (C=O) groups excluding carboxylic acids is 15. The molecule has 682 valence electrons. The summed E-state index contributed by atoms with van der Waals surface area (Å²) >= 11 is 1.26. The Balaban J connectivity index is 1.33. The maximum Gasteiger partial charge on any atom is 0.407 e. The quantitative estimate of drug-likeness (QED) is 0.0205. The van der Waals surface area contributed by atoms with Crippen LogP contribution in [0.5, 0.6) is 0 Å². The Kier molecular flexibility index (Phi) is 40.2. The van der Waals surface area contributed by atoms with Gasteiger partial charge in [0.25, 0.3) is 5.91 Å². The molecule has 1 aliphatic rings. The number of nitrogens with one attached hydrogen (secondary N) is 13. The number of fused-ring (bicyclic) bond motifs is 1. The number of hydrogen-bond acceptors (Lipinski definition) is 23. The number of benzene rings is 3. The fourth-order valence-electron chi connectivity index (χ4n) is 12.8. The van der Waals surface area contributed by atoms with Crippen LogP contribution in [0.4, 0.5) is 14.4 Å². The minimum atomic E-state index is -1.84. The first-order valence-electron chi connectivity index (χ1n) is 42.0. The molecular formula is C87H123N17O20S. The highest BCUT2D eigenvalue weighted by molar-refractivity contribution is 7.99. The lowest BCUT2D eigenvalue weighted by atomic mass is 10.00. The third-order valence-corrected chi connectivity index (χ3v) is 20.2. The Hall–Kier alpha value is -12.1. The molecule has 0 aliphatic carbocycles. The normalized spacial score (nSPS) is 18.9. The molecule has 1 aliphatic heterocycles. The molecule has 125 heavy (non-hydrogen) atoms. The molecule has 14 amide bonds. The summed E-state index contributed by atoms with van der Waals surface area (Å²) in [6, 6.07) is 10.7. The van der Waals surface area contributed by atoms with E-state index in [9.17, 15) is 72.5 Å². The summed E-state index contributed by atoms with van der Waals surface area (Å²) in [4.78, 5) is 221. The topological polar surface area (TPSA) is 515 Å². The Morgan fingerprint density at radius 2 is 1.22 bits per heavy atom. The van der Waals surface area contributed by atoms with Crippen LogP contribution in [-0.4, -0.2) is 243 Å². The number of aliphatic hydroxyl groups excluding tert-OH is 2. The number of amides is 14. The molecule has 38 heteroatoms. The van der Waals surface area contributed by atoms with Crippen LogP contribution in [-0.2, 0) is 73.4 Å². The van der Waals surface area contributed by atoms with Crippen molar-refractivity contribution in [1.29, 1.82) is 0 Å². The molecule has 1 fully saturated rings. The second-order valence-electron chi connectivity index (χ2n) is 32.9. The highest BCUT2D eigenvalue weighted by Crippen LogP contribution is 2.34. The van der Waals surface area contributed by atoms with E-state index >= 15 is 9.59 Å². The van der Waals surface area contributed by atoms with Crippen LogP contribution in [0.1, 0.15) is 182 Å². The van der Waals surface area contributed by atoms with Crippen molar-refractivity contribution in [2.24, 2.45) is 11.8 Å². The number of aromatic nitrogens is 3. The molecule has 37 nitrogen and oxygen atoms in total. The summed E-state index contributed by atoms with van der Waals surface area (Å²) in [5.41, 5.74) is 0.272. The number of hydrogen-bond donors (Lipinski definition) is 15. The summed E-state index contributed by atoms with van der Waals surface area (Å²) in [5.74, 6) is -11.7. The lowest BCUT2D eigenvalue weighted by Gasteiger charge is -2.29. The fraction of sp³-hybridized carbons (Fsp3) is 0.529. The van der Waals surface area contributed by atoms with Gasteiger partial charge in [0.05, 0.1) is 47.1 Å². The molecular weight excluding hydrogens is 1640 g/mol. The van der Waals surface area contributed by atoms with Gasteiger partial charge < -0.3 is 98.4 Å². The van der Waals surface area contributed by atoms with E-state index in [2.05, 4.69) is 74.1 Å². The summed E-state index contributed by atoms with van der Waals surface area (Å²) in [5, 5.41) is 61.6. The molecule has 0 radical (unpaired) electrons.